The number of aromatic hydroxyl groups is 1. The molecule has 2 aromatic heterocycles. The normalized spacial score (nSPS) is 11.7. The lowest BCUT2D eigenvalue weighted by atomic mass is 10.1. The van der Waals surface area contributed by atoms with Gasteiger partial charge >= 0.3 is 12.2 Å². The number of fused-ring (bicyclic) bond motifs is 1. The molecule has 0 radical (unpaired) electrons. The molecule has 2 aromatic carbocycles. The summed E-state index contributed by atoms with van der Waals surface area (Å²) in [4.78, 5) is 11.9. The molecule has 0 unspecified atom stereocenters. The van der Waals surface area contributed by atoms with Gasteiger partial charge < -0.3 is 14.3 Å². The quantitative estimate of drug-likeness (QED) is 0.498. The van der Waals surface area contributed by atoms with E-state index in [0.29, 0.717) is 6.07 Å². The molecular weight excluding hydrogens is 382 g/mol. The van der Waals surface area contributed by atoms with Crippen LogP contribution in [0.3, 0.4) is 0 Å². The summed E-state index contributed by atoms with van der Waals surface area (Å²) in [5, 5.41) is 9.42. The summed E-state index contributed by atoms with van der Waals surface area (Å²) in [6.07, 6.45) is -3.51. The molecule has 0 saturated heterocycles. The van der Waals surface area contributed by atoms with Crippen LogP contribution in [0.5, 0.6) is 17.5 Å². The molecule has 142 valence electrons. The Balaban J connectivity index is 1.70. The molecule has 0 aliphatic rings. The lowest BCUT2D eigenvalue weighted by Crippen LogP contribution is -2.05. The molecule has 0 aliphatic carbocycles. The third-order valence-corrected chi connectivity index (χ3v) is 3.72. The van der Waals surface area contributed by atoms with E-state index in [1.807, 2.05) is 0 Å². The molecule has 0 spiro atoms. The van der Waals surface area contributed by atoms with Crippen LogP contribution in [0.1, 0.15) is 5.56 Å². The van der Waals surface area contributed by atoms with Gasteiger partial charge in [0.2, 0.25) is 5.89 Å². The topological polar surface area (TPSA) is 81.3 Å². The molecule has 0 atom stereocenters. The number of ether oxygens (including phenoxy) is 1. The van der Waals surface area contributed by atoms with Crippen LogP contribution in [0.2, 0.25) is 0 Å². The smallest absolute Gasteiger partial charge is 0.419 e. The van der Waals surface area contributed by atoms with E-state index in [9.17, 15) is 22.7 Å². The first-order valence-corrected chi connectivity index (χ1v) is 7.78. The van der Waals surface area contributed by atoms with Gasteiger partial charge in [0, 0.05) is 5.56 Å². The van der Waals surface area contributed by atoms with Crippen molar-refractivity contribution in [3.8, 4) is 29.0 Å². The number of hydrogen-bond acceptors (Lipinski definition) is 6. The average Bonchev–Trinajstić information content (AvgIpc) is 3.06. The molecule has 0 saturated carbocycles. The minimum Gasteiger partial charge on any atom is -0.507 e. The molecular formula is C18H9F4N3O3. The van der Waals surface area contributed by atoms with E-state index in [1.165, 1.54) is 30.5 Å². The van der Waals surface area contributed by atoms with Gasteiger partial charge in [0.1, 0.15) is 11.3 Å². The standard InChI is InChI=1S/C18H9F4N3O3/c19-11-3-1-2-4-14(11)27-17-23-8-12-16(25-17)28-15(24-12)9-5-6-13(26)10(7-9)18(20,21)22/h1-8,26H. The van der Waals surface area contributed by atoms with E-state index in [2.05, 4.69) is 15.0 Å². The van der Waals surface area contributed by atoms with Crippen LogP contribution in [0, 0.1) is 5.82 Å². The van der Waals surface area contributed by atoms with Crippen LogP contribution >= 0.6 is 0 Å². The lowest BCUT2D eigenvalue weighted by molar-refractivity contribution is -0.138. The van der Waals surface area contributed by atoms with E-state index in [4.69, 9.17) is 9.15 Å². The minimum absolute atomic E-state index is 0.0142. The van der Waals surface area contributed by atoms with Gasteiger partial charge in [-0.05, 0) is 30.3 Å². The van der Waals surface area contributed by atoms with Gasteiger partial charge in [-0.2, -0.15) is 18.2 Å². The van der Waals surface area contributed by atoms with Crippen molar-refractivity contribution < 1.29 is 31.8 Å². The maximum absolute atomic E-state index is 13.7. The summed E-state index contributed by atoms with van der Waals surface area (Å²) in [6.45, 7) is 0. The number of hydrogen-bond donors (Lipinski definition) is 1. The fraction of sp³-hybridized carbons (Fsp3) is 0.0556. The summed E-state index contributed by atoms with van der Waals surface area (Å²) < 4.78 is 63.2. The van der Waals surface area contributed by atoms with Gasteiger partial charge in [0.05, 0.1) is 11.8 Å². The number of para-hydroxylation sites is 1. The van der Waals surface area contributed by atoms with Gasteiger partial charge in [0.25, 0.3) is 5.71 Å². The van der Waals surface area contributed by atoms with Crippen LogP contribution in [-0.2, 0) is 6.18 Å². The van der Waals surface area contributed by atoms with E-state index in [0.717, 1.165) is 6.07 Å². The second kappa shape index (κ2) is 6.48. The van der Waals surface area contributed by atoms with E-state index in [1.54, 1.807) is 6.07 Å². The fourth-order valence-electron chi connectivity index (χ4n) is 2.41. The lowest BCUT2D eigenvalue weighted by Gasteiger charge is -2.09. The summed E-state index contributed by atoms with van der Waals surface area (Å²) in [6, 6.07) is 8.23. The molecule has 2 heterocycles. The third-order valence-electron chi connectivity index (χ3n) is 3.72. The zero-order chi connectivity index (χ0) is 19.9. The van der Waals surface area contributed by atoms with Crippen molar-refractivity contribution in [2.75, 3.05) is 0 Å². The number of rotatable bonds is 3. The summed E-state index contributed by atoms with van der Waals surface area (Å²) >= 11 is 0. The number of alkyl halides is 3. The van der Waals surface area contributed by atoms with Gasteiger partial charge in [-0.25, -0.2) is 14.4 Å². The Labute approximate surface area is 154 Å². The Morgan fingerprint density at radius 1 is 1.04 bits per heavy atom. The van der Waals surface area contributed by atoms with Gasteiger partial charge in [0.15, 0.2) is 11.6 Å². The van der Waals surface area contributed by atoms with Crippen molar-refractivity contribution in [1.82, 2.24) is 15.0 Å². The average molecular weight is 391 g/mol. The SMILES string of the molecule is Oc1ccc(-c2nc3cnc(Oc4ccccc4F)nc3o2)cc1C(F)(F)F. The number of oxazole rings is 1. The van der Waals surface area contributed by atoms with Gasteiger partial charge in [-0.1, -0.05) is 12.1 Å². The molecule has 6 nitrogen and oxygen atoms in total. The molecule has 0 fully saturated rings. The van der Waals surface area contributed by atoms with Crippen LogP contribution in [0.4, 0.5) is 17.6 Å². The number of halogens is 4. The van der Waals surface area contributed by atoms with Crippen molar-refractivity contribution in [1.29, 1.82) is 0 Å². The number of nitrogens with zero attached hydrogens (tertiary/aromatic N) is 3. The summed E-state index contributed by atoms with van der Waals surface area (Å²) in [5.74, 6) is -1.78. The van der Waals surface area contributed by atoms with Crippen molar-refractivity contribution in [2.24, 2.45) is 0 Å². The zero-order valence-electron chi connectivity index (χ0n) is 13.7. The maximum atomic E-state index is 13.7. The van der Waals surface area contributed by atoms with Crippen LogP contribution in [-0.4, -0.2) is 20.1 Å². The highest BCUT2D eigenvalue weighted by molar-refractivity contribution is 5.72. The fourth-order valence-corrected chi connectivity index (χ4v) is 2.41. The monoisotopic (exact) mass is 391 g/mol. The van der Waals surface area contributed by atoms with Gasteiger partial charge in [-0.3, -0.25) is 0 Å². The minimum atomic E-state index is -4.74. The third kappa shape index (κ3) is 3.31. The highest BCUT2D eigenvalue weighted by atomic mass is 19.4. The molecule has 10 heteroatoms. The molecule has 0 bridgehead atoms. The molecule has 1 N–H and O–H groups in total. The highest BCUT2D eigenvalue weighted by Gasteiger charge is 2.34. The Morgan fingerprint density at radius 3 is 2.57 bits per heavy atom. The number of phenols is 1. The first-order chi connectivity index (χ1) is 13.3. The second-order valence-corrected chi connectivity index (χ2v) is 5.62. The van der Waals surface area contributed by atoms with Crippen molar-refractivity contribution in [3.63, 3.8) is 0 Å². The van der Waals surface area contributed by atoms with Crippen LogP contribution in [0.25, 0.3) is 22.7 Å². The van der Waals surface area contributed by atoms with Crippen LogP contribution in [0.15, 0.2) is 53.1 Å². The molecule has 0 aliphatic heterocycles. The number of phenolic OH excluding ortho intramolecular Hbond substituents is 1. The Kier molecular flexibility index (Phi) is 4.10. The Hall–Kier alpha value is -3.69. The zero-order valence-corrected chi connectivity index (χ0v) is 13.7. The second-order valence-electron chi connectivity index (χ2n) is 5.62. The Morgan fingerprint density at radius 2 is 1.82 bits per heavy atom. The highest BCUT2D eigenvalue weighted by Crippen LogP contribution is 2.38. The van der Waals surface area contributed by atoms with Crippen molar-refractivity contribution >= 4 is 11.2 Å². The van der Waals surface area contributed by atoms with E-state index in [-0.39, 0.29) is 34.4 Å². The maximum Gasteiger partial charge on any atom is 0.419 e. The molecule has 4 aromatic rings. The molecule has 4 rings (SSSR count). The van der Waals surface area contributed by atoms with Crippen LogP contribution < -0.4 is 4.74 Å². The first kappa shape index (κ1) is 17.7. The predicted molar refractivity (Wildman–Crippen MR) is 88.2 cm³/mol. The first-order valence-electron chi connectivity index (χ1n) is 7.78. The van der Waals surface area contributed by atoms with E-state index < -0.39 is 23.3 Å². The van der Waals surface area contributed by atoms with E-state index >= 15 is 0 Å². The molecule has 28 heavy (non-hydrogen) atoms. The largest absolute Gasteiger partial charge is 0.507 e. The summed E-state index contributed by atoms with van der Waals surface area (Å²) in [5.41, 5.74) is -1.13. The van der Waals surface area contributed by atoms with Crippen molar-refractivity contribution in [3.05, 3.63) is 60.0 Å². The van der Waals surface area contributed by atoms with Crippen molar-refractivity contribution in [2.45, 2.75) is 6.18 Å². The molecule has 0 amide bonds. The predicted octanol–water partition coefficient (Wildman–Crippen LogP) is 4.94. The number of aromatic nitrogens is 3. The van der Waals surface area contributed by atoms with Gasteiger partial charge in [-0.15, -0.1) is 0 Å². The summed E-state index contributed by atoms with van der Waals surface area (Å²) in [7, 11) is 0. The number of benzene rings is 2. The Bertz CT molecular complexity index is 1170.